The van der Waals surface area contributed by atoms with Crippen LogP contribution in [-0.2, 0) is 19.1 Å². The van der Waals surface area contributed by atoms with Gasteiger partial charge in [-0.15, -0.1) is 0 Å². The van der Waals surface area contributed by atoms with E-state index in [0.717, 1.165) is 70.8 Å². The van der Waals surface area contributed by atoms with Crippen molar-refractivity contribution in [2.75, 3.05) is 27.2 Å². The molecule has 272 valence electrons. The second-order valence-electron chi connectivity index (χ2n) is 13.3. The molecule has 0 aromatic carbocycles. The summed E-state index contributed by atoms with van der Waals surface area (Å²) >= 11 is 0. The number of hydrogen-bond acceptors (Lipinski definition) is 5. The van der Waals surface area contributed by atoms with Gasteiger partial charge in [0.05, 0.1) is 0 Å². The summed E-state index contributed by atoms with van der Waals surface area (Å²) in [6, 6.07) is 0. The molecule has 0 spiro atoms. The quantitative estimate of drug-likeness (QED) is 0.0391. The van der Waals surface area contributed by atoms with Crippen LogP contribution < -0.4 is 0 Å². The Morgan fingerprint density at radius 1 is 0.532 bits per heavy atom. The Balaban J connectivity index is 3.92. The third kappa shape index (κ3) is 36.5. The van der Waals surface area contributed by atoms with Gasteiger partial charge in [0, 0.05) is 25.8 Å². The Labute approximate surface area is 291 Å². The number of ether oxygens (including phenoxy) is 2. The number of carbonyl (C=O) groups is 2. The maximum absolute atomic E-state index is 12.5. The van der Waals surface area contributed by atoms with E-state index in [1.807, 2.05) is 14.1 Å². The monoisotopic (exact) mass is 658 g/mol. The van der Waals surface area contributed by atoms with Crippen LogP contribution in [0.5, 0.6) is 0 Å². The summed E-state index contributed by atoms with van der Waals surface area (Å²) in [5.74, 6) is -0.362. The second kappa shape index (κ2) is 36.7. The summed E-state index contributed by atoms with van der Waals surface area (Å²) in [7, 11) is 3.99. The summed E-state index contributed by atoms with van der Waals surface area (Å²) in [5.41, 5.74) is 0. The first-order chi connectivity index (χ1) is 23.0. The molecule has 0 saturated carbocycles. The topological polar surface area (TPSA) is 55.8 Å². The minimum absolute atomic E-state index is 0.154. The molecule has 0 aliphatic rings. The highest BCUT2D eigenvalue weighted by Gasteiger charge is 2.17. The average Bonchev–Trinajstić information content (AvgIpc) is 3.05. The molecule has 0 aliphatic heterocycles. The molecule has 0 amide bonds. The van der Waals surface area contributed by atoms with Gasteiger partial charge in [0.25, 0.3) is 0 Å². The van der Waals surface area contributed by atoms with Crippen molar-refractivity contribution in [1.29, 1.82) is 0 Å². The van der Waals surface area contributed by atoms with Crippen LogP contribution in [-0.4, -0.2) is 50.2 Å². The van der Waals surface area contributed by atoms with E-state index < -0.39 is 0 Å². The van der Waals surface area contributed by atoms with Crippen molar-refractivity contribution in [2.24, 2.45) is 0 Å². The van der Waals surface area contributed by atoms with E-state index in [1.54, 1.807) is 0 Å². The fraction of sp³-hybridized carbons (Fsp3) is 0.762. The summed E-state index contributed by atoms with van der Waals surface area (Å²) in [6.45, 7) is 5.42. The first kappa shape index (κ1) is 44.9. The maximum Gasteiger partial charge on any atom is 0.306 e. The third-order valence-corrected chi connectivity index (χ3v) is 8.29. The predicted octanol–water partition coefficient (Wildman–Crippen LogP) is 12.0. The van der Waals surface area contributed by atoms with Crippen molar-refractivity contribution in [3.05, 3.63) is 48.6 Å². The van der Waals surface area contributed by atoms with Gasteiger partial charge in [-0.3, -0.25) is 9.59 Å². The van der Waals surface area contributed by atoms with Crippen molar-refractivity contribution in [1.82, 2.24) is 4.90 Å². The molecule has 5 nitrogen and oxygen atoms in total. The van der Waals surface area contributed by atoms with Gasteiger partial charge >= 0.3 is 11.9 Å². The molecule has 1 unspecified atom stereocenters. The standard InChI is InChI=1S/C42H75NO4/c1-5-7-9-11-13-15-17-19-21-23-25-27-29-31-33-35-41(44)46-39-40(37-38-43(3)4)47-42(45)36-34-32-30-28-26-24-22-20-18-16-14-12-10-8-6-2/h13-16,19-22,40H,5-12,17-18,23-39H2,1-4H3. The Morgan fingerprint density at radius 3 is 1.38 bits per heavy atom. The lowest BCUT2D eigenvalue weighted by Crippen LogP contribution is -2.29. The van der Waals surface area contributed by atoms with Crippen LogP contribution in [0.2, 0.25) is 0 Å². The van der Waals surface area contributed by atoms with E-state index in [-0.39, 0.29) is 24.6 Å². The van der Waals surface area contributed by atoms with Crippen molar-refractivity contribution in [3.63, 3.8) is 0 Å². The molecule has 0 N–H and O–H groups in total. The van der Waals surface area contributed by atoms with E-state index in [2.05, 4.69) is 67.4 Å². The van der Waals surface area contributed by atoms with Crippen LogP contribution >= 0.6 is 0 Å². The van der Waals surface area contributed by atoms with Gasteiger partial charge in [-0.05, 0) is 91.1 Å². The number of esters is 2. The minimum Gasteiger partial charge on any atom is -0.462 e. The van der Waals surface area contributed by atoms with Crippen molar-refractivity contribution < 1.29 is 19.1 Å². The van der Waals surface area contributed by atoms with Crippen molar-refractivity contribution in [3.8, 4) is 0 Å². The van der Waals surface area contributed by atoms with E-state index in [4.69, 9.17) is 9.47 Å². The molecule has 0 saturated heterocycles. The molecule has 0 rings (SSSR count). The zero-order chi connectivity index (χ0) is 34.5. The molecule has 5 heteroatoms. The third-order valence-electron chi connectivity index (χ3n) is 8.29. The molecule has 0 fully saturated rings. The zero-order valence-electron chi connectivity index (χ0n) is 31.4. The van der Waals surface area contributed by atoms with Gasteiger partial charge in [-0.25, -0.2) is 0 Å². The Hall–Kier alpha value is -2.14. The van der Waals surface area contributed by atoms with Gasteiger partial charge in [0.1, 0.15) is 12.7 Å². The zero-order valence-corrected chi connectivity index (χ0v) is 31.4. The first-order valence-electron chi connectivity index (χ1n) is 19.6. The molecule has 0 aromatic heterocycles. The van der Waals surface area contributed by atoms with Crippen LogP contribution in [0.15, 0.2) is 48.6 Å². The molecule has 1 atom stereocenters. The minimum atomic E-state index is -0.378. The van der Waals surface area contributed by atoms with E-state index in [9.17, 15) is 9.59 Å². The number of hydrogen-bond donors (Lipinski definition) is 0. The van der Waals surface area contributed by atoms with Gasteiger partial charge in [0.15, 0.2) is 0 Å². The predicted molar refractivity (Wildman–Crippen MR) is 203 cm³/mol. The van der Waals surface area contributed by atoms with E-state index in [1.165, 1.54) is 77.0 Å². The lowest BCUT2D eigenvalue weighted by molar-refractivity contribution is -0.159. The van der Waals surface area contributed by atoms with E-state index in [0.29, 0.717) is 19.3 Å². The summed E-state index contributed by atoms with van der Waals surface area (Å²) in [5, 5.41) is 0. The normalized spacial score (nSPS) is 12.8. The Morgan fingerprint density at radius 2 is 0.936 bits per heavy atom. The first-order valence-corrected chi connectivity index (χ1v) is 19.6. The van der Waals surface area contributed by atoms with Crippen molar-refractivity contribution >= 4 is 11.9 Å². The maximum atomic E-state index is 12.5. The molecular formula is C42H75NO4. The molecule has 0 aromatic rings. The van der Waals surface area contributed by atoms with Gasteiger partial charge < -0.3 is 14.4 Å². The largest absolute Gasteiger partial charge is 0.462 e. The highest BCUT2D eigenvalue weighted by atomic mass is 16.6. The van der Waals surface area contributed by atoms with Gasteiger partial charge in [-0.1, -0.05) is 127 Å². The lowest BCUT2D eigenvalue weighted by atomic mass is 10.1. The number of allylic oxidation sites excluding steroid dienone is 8. The van der Waals surface area contributed by atoms with Crippen molar-refractivity contribution in [2.45, 2.75) is 180 Å². The highest BCUT2D eigenvalue weighted by Crippen LogP contribution is 2.12. The van der Waals surface area contributed by atoms with Crippen LogP contribution in [0.4, 0.5) is 0 Å². The summed E-state index contributed by atoms with van der Waals surface area (Å²) < 4.78 is 11.3. The molecular weight excluding hydrogens is 582 g/mol. The average molecular weight is 658 g/mol. The number of carbonyl (C=O) groups excluding carboxylic acids is 2. The molecule has 0 radical (unpaired) electrons. The lowest BCUT2D eigenvalue weighted by Gasteiger charge is -2.20. The van der Waals surface area contributed by atoms with Crippen LogP contribution in [0, 0.1) is 0 Å². The fourth-order valence-corrected chi connectivity index (χ4v) is 5.24. The molecule has 47 heavy (non-hydrogen) atoms. The summed E-state index contributed by atoms with van der Waals surface area (Å²) in [4.78, 5) is 26.9. The Kier molecular flexibility index (Phi) is 35.0. The highest BCUT2D eigenvalue weighted by molar-refractivity contribution is 5.70. The summed E-state index contributed by atoms with van der Waals surface area (Å²) in [6.07, 6.45) is 44.9. The van der Waals surface area contributed by atoms with Crippen LogP contribution in [0.1, 0.15) is 174 Å². The molecule has 0 heterocycles. The number of nitrogens with zero attached hydrogens (tertiary/aromatic N) is 1. The molecule has 0 aliphatic carbocycles. The number of unbranched alkanes of at least 4 members (excludes halogenated alkanes) is 16. The molecule has 0 bridgehead atoms. The van der Waals surface area contributed by atoms with Crippen LogP contribution in [0.3, 0.4) is 0 Å². The Bertz CT molecular complexity index is 813. The smallest absolute Gasteiger partial charge is 0.306 e. The number of rotatable bonds is 34. The van der Waals surface area contributed by atoms with Gasteiger partial charge in [-0.2, -0.15) is 0 Å². The SMILES string of the molecule is CCCCCC=CCC=CCCCCCCCC(=O)OCC(CCN(C)C)OC(=O)CCCCCCCC=CCC=CCCCCC. The second-order valence-corrected chi connectivity index (χ2v) is 13.3. The van der Waals surface area contributed by atoms with E-state index >= 15 is 0 Å². The van der Waals surface area contributed by atoms with Gasteiger partial charge in [0.2, 0.25) is 0 Å². The fourth-order valence-electron chi connectivity index (χ4n) is 5.24. The van der Waals surface area contributed by atoms with Crippen LogP contribution in [0.25, 0.3) is 0 Å².